The second-order valence-electron chi connectivity index (χ2n) is 8.01. The van der Waals surface area contributed by atoms with E-state index in [1.165, 1.54) is 25.3 Å². The fourth-order valence-corrected chi connectivity index (χ4v) is 3.48. The van der Waals surface area contributed by atoms with Crippen molar-refractivity contribution in [1.29, 1.82) is 0 Å². The van der Waals surface area contributed by atoms with Crippen molar-refractivity contribution >= 4 is 23.0 Å². The van der Waals surface area contributed by atoms with Crippen LogP contribution >= 0.6 is 0 Å². The van der Waals surface area contributed by atoms with Gasteiger partial charge in [-0.15, -0.1) is 0 Å². The lowest BCUT2D eigenvalue weighted by Gasteiger charge is -2.10. The summed E-state index contributed by atoms with van der Waals surface area (Å²) in [6.07, 6.45) is 4.03. The molecule has 0 bridgehead atoms. The van der Waals surface area contributed by atoms with E-state index in [0.29, 0.717) is 23.7 Å². The van der Waals surface area contributed by atoms with Crippen LogP contribution in [-0.2, 0) is 4.74 Å². The molecule has 0 saturated carbocycles. The standard InChI is InChI=1S/C25H24N4O6/c1-28(2)10-5-11-34-19-14-26-22(27-15-19)16-6-4-7-17(12-16)23(30)29-20-13-18(24(31)33-3)8-9-21(20)35-25(29)32/h4,6-9,12-15H,5,10-11H2,1-3H3. The molecule has 2 aromatic heterocycles. The molecule has 35 heavy (non-hydrogen) atoms. The molecule has 0 aliphatic heterocycles. The number of rotatable bonds is 8. The molecule has 2 heterocycles. The van der Waals surface area contributed by atoms with Crippen LogP contribution in [0.4, 0.5) is 0 Å². The first-order valence-electron chi connectivity index (χ1n) is 10.9. The molecule has 0 N–H and O–H groups in total. The van der Waals surface area contributed by atoms with E-state index in [0.717, 1.165) is 17.5 Å². The van der Waals surface area contributed by atoms with Crippen molar-refractivity contribution in [2.45, 2.75) is 6.42 Å². The van der Waals surface area contributed by atoms with E-state index >= 15 is 0 Å². The van der Waals surface area contributed by atoms with Crippen LogP contribution in [0.2, 0.25) is 0 Å². The minimum absolute atomic E-state index is 0.167. The third-order valence-corrected chi connectivity index (χ3v) is 5.22. The molecule has 0 radical (unpaired) electrons. The Kier molecular flexibility index (Phi) is 7.02. The summed E-state index contributed by atoms with van der Waals surface area (Å²) >= 11 is 0. The van der Waals surface area contributed by atoms with Crippen molar-refractivity contribution in [3.8, 4) is 17.1 Å². The number of fused-ring (bicyclic) bond motifs is 1. The Bertz CT molecular complexity index is 1420. The number of esters is 1. The van der Waals surface area contributed by atoms with E-state index in [9.17, 15) is 14.4 Å². The molecule has 180 valence electrons. The number of benzene rings is 2. The predicted octanol–water partition coefficient (Wildman–Crippen LogP) is 2.86. The van der Waals surface area contributed by atoms with Crippen molar-refractivity contribution in [2.24, 2.45) is 0 Å². The third kappa shape index (κ3) is 5.28. The van der Waals surface area contributed by atoms with E-state index < -0.39 is 17.6 Å². The molecule has 0 aliphatic rings. The molecule has 0 atom stereocenters. The van der Waals surface area contributed by atoms with Crippen LogP contribution in [0.1, 0.15) is 27.1 Å². The molecule has 4 rings (SSSR count). The van der Waals surface area contributed by atoms with Crippen LogP contribution in [0.25, 0.3) is 22.5 Å². The van der Waals surface area contributed by atoms with Crippen LogP contribution in [0.5, 0.6) is 5.75 Å². The zero-order valence-corrected chi connectivity index (χ0v) is 19.6. The van der Waals surface area contributed by atoms with Crippen molar-refractivity contribution < 1.29 is 23.5 Å². The van der Waals surface area contributed by atoms with Crippen LogP contribution in [-0.4, -0.2) is 65.7 Å². The highest BCUT2D eigenvalue weighted by molar-refractivity contribution is 6.02. The average molecular weight is 476 g/mol. The summed E-state index contributed by atoms with van der Waals surface area (Å²) in [5, 5.41) is 0. The summed E-state index contributed by atoms with van der Waals surface area (Å²) in [7, 11) is 5.25. The number of nitrogens with zero attached hydrogens (tertiary/aromatic N) is 4. The van der Waals surface area contributed by atoms with Gasteiger partial charge in [0.1, 0.15) is 0 Å². The molecule has 10 heteroatoms. The Morgan fingerprint density at radius 3 is 2.54 bits per heavy atom. The van der Waals surface area contributed by atoms with Gasteiger partial charge in [0.15, 0.2) is 17.2 Å². The van der Waals surface area contributed by atoms with Crippen LogP contribution in [0.15, 0.2) is 64.1 Å². The van der Waals surface area contributed by atoms with Gasteiger partial charge in [-0.1, -0.05) is 12.1 Å². The fourth-order valence-electron chi connectivity index (χ4n) is 3.48. The Hall–Kier alpha value is -4.31. The first-order valence-corrected chi connectivity index (χ1v) is 10.9. The number of methoxy groups -OCH3 is 1. The topological polar surface area (TPSA) is 117 Å². The molecule has 10 nitrogen and oxygen atoms in total. The molecule has 4 aromatic rings. The molecule has 0 saturated heterocycles. The molecule has 0 fully saturated rings. The molecule has 0 amide bonds. The van der Waals surface area contributed by atoms with Gasteiger partial charge in [0.2, 0.25) is 0 Å². The second-order valence-corrected chi connectivity index (χ2v) is 8.01. The number of carbonyl (C=O) groups is 2. The molecule has 2 aromatic carbocycles. The van der Waals surface area contributed by atoms with Gasteiger partial charge in [-0.2, -0.15) is 0 Å². The van der Waals surface area contributed by atoms with Gasteiger partial charge in [0, 0.05) is 17.7 Å². The number of hydrogen-bond acceptors (Lipinski definition) is 9. The van der Waals surface area contributed by atoms with E-state index in [4.69, 9.17) is 13.9 Å². The largest absolute Gasteiger partial charge is 0.490 e. The van der Waals surface area contributed by atoms with Gasteiger partial charge < -0.3 is 18.8 Å². The molecular weight excluding hydrogens is 452 g/mol. The quantitative estimate of drug-likeness (QED) is 0.279. The van der Waals surface area contributed by atoms with Crippen molar-refractivity contribution in [1.82, 2.24) is 19.4 Å². The number of hydrogen-bond donors (Lipinski definition) is 0. The van der Waals surface area contributed by atoms with Crippen molar-refractivity contribution in [3.05, 3.63) is 76.5 Å². The van der Waals surface area contributed by atoms with Crippen molar-refractivity contribution in [2.75, 3.05) is 34.4 Å². The normalized spacial score (nSPS) is 11.1. The van der Waals surface area contributed by atoms with Crippen LogP contribution in [0, 0.1) is 0 Å². The number of carbonyl (C=O) groups excluding carboxylic acids is 2. The Balaban J connectivity index is 1.58. The summed E-state index contributed by atoms with van der Waals surface area (Å²) in [5.41, 5.74) is 1.35. The minimum Gasteiger partial charge on any atom is -0.490 e. The molecule has 0 unspecified atom stereocenters. The highest BCUT2D eigenvalue weighted by Gasteiger charge is 2.20. The molecular formula is C25H24N4O6. The smallest absolute Gasteiger partial charge is 0.427 e. The highest BCUT2D eigenvalue weighted by atomic mass is 16.5. The SMILES string of the molecule is COC(=O)c1ccc2oc(=O)n(C(=O)c3cccc(-c4ncc(OCCCN(C)C)cn4)c3)c2c1. The minimum atomic E-state index is -0.857. The van der Waals surface area contributed by atoms with E-state index in [-0.39, 0.29) is 22.2 Å². The Morgan fingerprint density at radius 1 is 1.06 bits per heavy atom. The monoisotopic (exact) mass is 476 g/mol. The molecule has 0 aliphatic carbocycles. The first-order chi connectivity index (χ1) is 16.9. The summed E-state index contributed by atoms with van der Waals surface area (Å²) in [5.74, 6) is -1.11. The van der Waals surface area contributed by atoms with Gasteiger partial charge in [-0.25, -0.2) is 24.1 Å². The van der Waals surface area contributed by atoms with Crippen molar-refractivity contribution in [3.63, 3.8) is 0 Å². The van der Waals surface area contributed by atoms with Crippen LogP contribution < -0.4 is 10.5 Å². The summed E-state index contributed by atoms with van der Waals surface area (Å²) < 4.78 is 16.4. The zero-order chi connectivity index (χ0) is 24.9. The van der Waals surface area contributed by atoms with Gasteiger partial charge in [-0.05, 0) is 50.8 Å². The zero-order valence-electron chi connectivity index (χ0n) is 19.6. The van der Waals surface area contributed by atoms with Gasteiger partial charge in [0.25, 0.3) is 5.91 Å². The molecule has 0 spiro atoms. The van der Waals surface area contributed by atoms with Crippen LogP contribution in [0.3, 0.4) is 0 Å². The fraction of sp³-hybridized carbons (Fsp3) is 0.240. The Labute approximate surface area is 200 Å². The van der Waals surface area contributed by atoms with Gasteiger partial charge in [0.05, 0.1) is 37.2 Å². The number of ether oxygens (including phenoxy) is 2. The average Bonchev–Trinajstić information content (AvgIpc) is 3.20. The van der Waals surface area contributed by atoms with Gasteiger partial charge in [-0.3, -0.25) is 4.79 Å². The van der Waals surface area contributed by atoms with E-state index in [1.807, 2.05) is 14.1 Å². The maximum atomic E-state index is 13.2. The van der Waals surface area contributed by atoms with E-state index in [1.54, 1.807) is 36.7 Å². The highest BCUT2D eigenvalue weighted by Crippen LogP contribution is 2.21. The summed E-state index contributed by atoms with van der Waals surface area (Å²) in [6, 6.07) is 10.9. The van der Waals surface area contributed by atoms with Gasteiger partial charge >= 0.3 is 11.7 Å². The number of aromatic nitrogens is 3. The summed E-state index contributed by atoms with van der Waals surface area (Å²) in [6.45, 7) is 1.47. The third-order valence-electron chi connectivity index (χ3n) is 5.22. The lowest BCUT2D eigenvalue weighted by molar-refractivity contribution is 0.0600. The Morgan fingerprint density at radius 2 is 1.83 bits per heavy atom. The lowest BCUT2D eigenvalue weighted by Crippen LogP contribution is -2.23. The first kappa shape index (κ1) is 23.8. The maximum absolute atomic E-state index is 13.2. The number of oxazole rings is 1. The lowest BCUT2D eigenvalue weighted by atomic mass is 10.1. The predicted molar refractivity (Wildman–Crippen MR) is 128 cm³/mol. The maximum Gasteiger partial charge on any atom is 0.427 e. The van der Waals surface area contributed by atoms with E-state index in [2.05, 4.69) is 14.9 Å². The second kappa shape index (κ2) is 10.3. The summed E-state index contributed by atoms with van der Waals surface area (Å²) in [4.78, 5) is 48.4.